The molecule has 0 aromatic rings. The average molecular weight is 241 g/mol. The molecule has 1 heterocycles. The van der Waals surface area contributed by atoms with Crippen molar-refractivity contribution in [2.24, 2.45) is 16.7 Å². The number of carboxylic acids is 1. The lowest BCUT2D eigenvalue weighted by atomic mass is 9.74. The van der Waals surface area contributed by atoms with Crippen LogP contribution in [0.25, 0.3) is 0 Å². The fraction of sp³-hybridized carbons (Fsp3) is 0.929. The number of piperidine rings is 1. The molecule has 1 aliphatic rings. The lowest BCUT2D eigenvalue weighted by Gasteiger charge is -2.41. The summed E-state index contributed by atoms with van der Waals surface area (Å²) in [6.07, 6.45) is 2.16. The topological polar surface area (TPSA) is 40.5 Å². The number of hydrogen-bond acceptors (Lipinski definition) is 2. The van der Waals surface area contributed by atoms with E-state index in [2.05, 4.69) is 25.7 Å². The molecule has 0 radical (unpaired) electrons. The molecule has 1 rings (SSSR count). The van der Waals surface area contributed by atoms with Crippen molar-refractivity contribution in [3.05, 3.63) is 0 Å². The van der Waals surface area contributed by atoms with Crippen molar-refractivity contribution < 1.29 is 9.90 Å². The summed E-state index contributed by atoms with van der Waals surface area (Å²) in [7, 11) is 0. The van der Waals surface area contributed by atoms with E-state index < -0.39 is 11.4 Å². The van der Waals surface area contributed by atoms with Gasteiger partial charge >= 0.3 is 5.97 Å². The second kappa shape index (κ2) is 4.97. The Bertz CT molecular complexity index is 278. The number of carbonyl (C=O) groups is 1. The second-order valence-electron chi connectivity index (χ2n) is 7.16. The highest BCUT2D eigenvalue weighted by atomic mass is 16.4. The summed E-state index contributed by atoms with van der Waals surface area (Å²) in [5.74, 6) is -0.392. The van der Waals surface area contributed by atoms with E-state index in [9.17, 15) is 9.90 Å². The van der Waals surface area contributed by atoms with Crippen molar-refractivity contribution in [2.75, 3.05) is 19.6 Å². The molecule has 1 N–H and O–H groups in total. The summed E-state index contributed by atoms with van der Waals surface area (Å²) in [6, 6.07) is 0. The maximum absolute atomic E-state index is 11.3. The van der Waals surface area contributed by atoms with E-state index in [0.717, 1.165) is 32.5 Å². The molecule has 1 saturated heterocycles. The molecule has 0 saturated carbocycles. The molecule has 17 heavy (non-hydrogen) atoms. The minimum absolute atomic E-state index is 0.274. The van der Waals surface area contributed by atoms with Gasteiger partial charge in [0.15, 0.2) is 0 Å². The van der Waals surface area contributed by atoms with Gasteiger partial charge in [-0.2, -0.15) is 0 Å². The smallest absolute Gasteiger partial charge is 0.309 e. The average Bonchev–Trinajstić information content (AvgIpc) is 2.15. The third-order valence-electron chi connectivity index (χ3n) is 3.78. The van der Waals surface area contributed by atoms with Gasteiger partial charge in [0.1, 0.15) is 0 Å². The van der Waals surface area contributed by atoms with E-state index in [1.54, 1.807) is 0 Å². The zero-order chi connectivity index (χ0) is 13.3. The van der Waals surface area contributed by atoms with E-state index >= 15 is 0 Å². The third-order valence-corrected chi connectivity index (χ3v) is 3.78. The Balaban J connectivity index is 2.64. The molecule has 0 spiro atoms. The standard InChI is InChI=1S/C14H27NO2/c1-13(2,3)10-15-8-6-7-11(9-15)14(4,5)12(16)17/h11H,6-10H2,1-5H3,(H,16,17). The van der Waals surface area contributed by atoms with Gasteiger partial charge in [-0.1, -0.05) is 20.8 Å². The van der Waals surface area contributed by atoms with Crippen LogP contribution in [0.5, 0.6) is 0 Å². The van der Waals surface area contributed by atoms with Gasteiger partial charge in [-0.15, -0.1) is 0 Å². The van der Waals surface area contributed by atoms with Crippen LogP contribution in [0.15, 0.2) is 0 Å². The Labute approximate surface area is 105 Å². The van der Waals surface area contributed by atoms with Crippen LogP contribution in [0, 0.1) is 16.7 Å². The van der Waals surface area contributed by atoms with E-state index in [1.165, 1.54) is 0 Å². The van der Waals surface area contributed by atoms with Crippen LogP contribution in [0.2, 0.25) is 0 Å². The van der Waals surface area contributed by atoms with Crippen LogP contribution in [0.1, 0.15) is 47.5 Å². The first-order valence-corrected chi connectivity index (χ1v) is 6.59. The van der Waals surface area contributed by atoms with Gasteiger partial charge in [0, 0.05) is 13.1 Å². The second-order valence-corrected chi connectivity index (χ2v) is 7.16. The molecule has 1 aliphatic heterocycles. The molecule has 1 atom stereocenters. The Morgan fingerprint density at radius 3 is 2.35 bits per heavy atom. The zero-order valence-corrected chi connectivity index (χ0v) is 11.9. The van der Waals surface area contributed by atoms with Crippen LogP contribution < -0.4 is 0 Å². The SMILES string of the molecule is CC(C)(C)CN1CCCC(C(C)(C)C(=O)O)C1. The molecule has 0 bridgehead atoms. The predicted molar refractivity (Wildman–Crippen MR) is 70.0 cm³/mol. The number of nitrogens with zero attached hydrogens (tertiary/aromatic N) is 1. The van der Waals surface area contributed by atoms with Gasteiger partial charge in [-0.3, -0.25) is 4.79 Å². The van der Waals surface area contributed by atoms with Crippen molar-refractivity contribution >= 4 is 5.97 Å². The lowest BCUT2D eigenvalue weighted by Crippen LogP contribution is -2.46. The van der Waals surface area contributed by atoms with Crippen molar-refractivity contribution in [3.8, 4) is 0 Å². The van der Waals surface area contributed by atoms with Crippen molar-refractivity contribution in [3.63, 3.8) is 0 Å². The monoisotopic (exact) mass is 241 g/mol. The minimum atomic E-state index is -0.667. The van der Waals surface area contributed by atoms with Gasteiger partial charge in [0.25, 0.3) is 0 Å². The first-order valence-electron chi connectivity index (χ1n) is 6.59. The third kappa shape index (κ3) is 3.98. The maximum Gasteiger partial charge on any atom is 0.309 e. The van der Waals surface area contributed by atoms with Crippen LogP contribution in [0.4, 0.5) is 0 Å². The van der Waals surface area contributed by atoms with Gasteiger partial charge in [-0.25, -0.2) is 0 Å². The number of carboxylic acid groups (broad SMARTS) is 1. The molecule has 3 nitrogen and oxygen atoms in total. The van der Waals surface area contributed by atoms with Crippen LogP contribution in [-0.2, 0) is 4.79 Å². The summed E-state index contributed by atoms with van der Waals surface area (Å²) in [5.41, 5.74) is -0.314. The molecule has 0 aromatic heterocycles. The first kappa shape index (κ1) is 14.5. The largest absolute Gasteiger partial charge is 0.481 e. The van der Waals surface area contributed by atoms with E-state index in [-0.39, 0.29) is 11.3 Å². The Morgan fingerprint density at radius 1 is 1.29 bits per heavy atom. The highest BCUT2D eigenvalue weighted by molar-refractivity contribution is 5.74. The summed E-state index contributed by atoms with van der Waals surface area (Å²) in [5, 5.41) is 9.29. The molecule has 0 aromatic carbocycles. The fourth-order valence-corrected chi connectivity index (χ4v) is 2.63. The highest BCUT2D eigenvalue weighted by Gasteiger charge is 2.39. The summed E-state index contributed by atoms with van der Waals surface area (Å²) in [4.78, 5) is 13.7. The molecule has 0 amide bonds. The Hall–Kier alpha value is -0.570. The fourth-order valence-electron chi connectivity index (χ4n) is 2.63. The Kier molecular flexibility index (Phi) is 4.23. The van der Waals surface area contributed by atoms with Crippen LogP contribution >= 0.6 is 0 Å². The molecule has 3 heteroatoms. The van der Waals surface area contributed by atoms with E-state index in [4.69, 9.17) is 0 Å². The zero-order valence-electron chi connectivity index (χ0n) is 11.9. The normalized spacial score (nSPS) is 23.7. The predicted octanol–water partition coefficient (Wildman–Crippen LogP) is 2.86. The van der Waals surface area contributed by atoms with Crippen molar-refractivity contribution in [1.29, 1.82) is 0 Å². The highest BCUT2D eigenvalue weighted by Crippen LogP contribution is 2.34. The van der Waals surface area contributed by atoms with Crippen LogP contribution in [-0.4, -0.2) is 35.6 Å². The minimum Gasteiger partial charge on any atom is -0.481 e. The van der Waals surface area contributed by atoms with Crippen LogP contribution in [0.3, 0.4) is 0 Å². The number of hydrogen-bond donors (Lipinski definition) is 1. The van der Waals surface area contributed by atoms with Gasteiger partial charge in [0.05, 0.1) is 5.41 Å². The lowest BCUT2D eigenvalue weighted by molar-refractivity contribution is -0.151. The molecular formula is C14H27NO2. The summed E-state index contributed by atoms with van der Waals surface area (Å²) < 4.78 is 0. The number of aliphatic carboxylic acids is 1. The molecule has 0 aliphatic carbocycles. The summed E-state index contributed by atoms with van der Waals surface area (Å²) in [6.45, 7) is 13.5. The van der Waals surface area contributed by atoms with E-state index in [0.29, 0.717) is 0 Å². The molecule has 1 fully saturated rings. The van der Waals surface area contributed by atoms with Gasteiger partial charge in [-0.05, 0) is 44.6 Å². The number of rotatable bonds is 3. The first-order chi connectivity index (χ1) is 7.63. The summed E-state index contributed by atoms with van der Waals surface area (Å²) >= 11 is 0. The molecular weight excluding hydrogens is 214 g/mol. The van der Waals surface area contributed by atoms with Gasteiger partial charge in [0.2, 0.25) is 0 Å². The molecule has 1 unspecified atom stereocenters. The maximum atomic E-state index is 11.3. The Morgan fingerprint density at radius 2 is 1.88 bits per heavy atom. The quantitative estimate of drug-likeness (QED) is 0.826. The van der Waals surface area contributed by atoms with Gasteiger partial charge < -0.3 is 10.0 Å². The van der Waals surface area contributed by atoms with Crippen molar-refractivity contribution in [1.82, 2.24) is 4.90 Å². The van der Waals surface area contributed by atoms with E-state index in [1.807, 2.05) is 13.8 Å². The number of likely N-dealkylation sites (tertiary alicyclic amines) is 1. The molecule has 100 valence electrons. The van der Waals surface area contributed by atoms with Crippen molar-refractivity contribution in [2.45, 2.75) is 47.5 Å².